The van der Waals surface area contributed by atoms with Crippen LogP contribution >= 0.6 is 0 Å². The average molecular weight is 260 g/mol. The third-order valence-corrected chi connectivity index (χ3v) is 3.95. The lowest BCUT2D eigenvalue weighted by atomic mass is 10.1. The molecule has 102 valence electrons. The van der Waals surface area contributed by atoms with Gasteiger partial charge < -0.3 is 0 Å². The smallest absolute Gasteiger partial charge is 0.226 e. The molecule has 1 fully saturated rings. The number of hydrogen-bond donors (Lipinski definition) is 0. The molecule has 1 rings (SSSR count). The van der Waals surface area contributed by atoms with Crippen LogP contribution < -0.4 is 0 Å². The molecule has 0 aromatic rings. The number of halogens is 3. The Hall–Kier alpha value is -1.06. The predicted octanol–water partition coefficient (Wildman–Crippen LogP) is 3.95. The first-order valence-corrected chi connectivity index (χ1v) is 6.32. The second-order valence-corrected chi connectivity index (χ2v) is 4.70. The van der Waals surface area contributed by atoms with Gasteiger partial charge in [0.1, 0.15) is 12.1 Å². The van der Waals surface area contributed by atoms with E-state index in [0.29, 0.717) is 12.5 Å². The maximum absolute atomic E-state index is 12.6. The van der Waals surface area contributed by atoms with E-state index in [0.717, 1.165) is 24.6 Å². The zero-order valence-electron chi connectivity index (χ0n) is 11.3. The molecule has 18 heavy (non-hydrogen) atoms. The maximum Gasteiger partial charge on any atom is 0.421 e. The molecular weight excluding hydrogens is 239 g/mol. The fraction of sp³-hybridized carbons (Fsp3) is 0.643. The van der Waals surface area contributed by atoms with Gasteiger partial charge in [-0.2, -0.15) is 13.2 Å². The first kappa shape index (κ1) is 15.0. The lowest BCUT2D eigenvalue weighted by Gasteiger charge is -2.14. The van der Waals surface area contributed by atoms with Gasteiger partial charge in [0.2, 0.25) is 0 Å². The lowest BCUT2D eigenvalue weighted by Crippen LogP contribution is -2.33. The van der Waals surface area contributed by atoms with E-state index in [1.54, 1.807) is 4.58 Å². The Morgan fingerprint density at radius 1 is 1.39 bits per heavy atom. The normalized spacial score (nSPS) is 28.4. The van der Waals surface area contributed by atoms with Crippen molar-refractivity contribution in [2.24, 2.45) is 5.92 Å². The van der Waals surface area contributed by atoms with Crippen LogP contribution in [-0.4, -0.2) is 29.1 Å². The first-order chi connectivity index (χ1) is 8.25. The summed E-state index contributed by atoms with van der Waals surface area (Å²) in [7, 11) is 0. The summed E-state index contributed by atoms with van der Waals surface area (Å²) in [5.74, 6) is 0.291. The molecule has 0 aromatic heterocycles. The van der Waals surface area contributed by atoms with Crippen LogP contribution in [0.4, 0.5) is 13.2 Å². The SMILES string of the molecule is C=C(/C=[N+](\CC)C1(CC)C(=C)C1CC)C(F)(F)F. The summed E-state index contributed by atoms with van der Waals surface area (Å²) in [5.41, 5.74) is -0.0511. The Bertz CT molecular complexity index is 392. The van der Waals surface area contributed by atoms with Crippen LogP contribution in [0.25, 0.3) is 0 Å². The number of alkyl halides is 3. The van der Waals surface area contributed by atoms with Crippen molar-refractivity contribution >= 4 is 6.21 Å². The van der Waals surface area contributed by atoms with Crippen molar-refractivity contribution in [3.63, 3.8) is 0 Å². The van der Waals surface area contributed by atoms with Gasteiger partial charge in [-0.15, -0.1) is 0 Å². The van der Waals surface area contributed by atoms with E-state index in [-0.39, 0.29) is 5.54 Å². The first-order valence-electron chi connectivity index (χ1n) is 6.32. The zero-order valence-corrected chi connectivity index (χ0v) is 11.3. The lowest BCUT2D eigenvalue weighted by molar-refractivity contribution is -0.574. The van der Waals surface area contributed by atoms with Gasteiger partial charge in [-0.05, 0) is 13.3 Å². The van der Waals surface area contributed by atoms with Gasteiger partial charge in [-0.1, -0.05) is 27.0 Å². The number of hydrogen-bond acceptors (Lipinski definition) is 0. The molecule has 2 atom stereocenters. The Balaban J connectivity index is 3.08. The Morgan fingerprint density at radius 2 is 1.94 bits per heavy atom. The quantitative estimate of drug-likeness (QED) is 0.400. The molecule has 0 spiro atoms. The minimum atomic E-state index is -4.36. The van der Waals surface area contributed by atoms with Crippen LogP contribution in [0.15, 0.2) is 24.3 Å². The summed E-state index contributed by atoms with van der Waals surface area (Å²) in [6.07, 6.45) is -1.53. The third kappa shape index (κ3) is 2.25. The highest BCUT2D eigenvalue weighted by atomic mass is 19.4. The van der Waals surface area contributed by atoms with Gasteiger partial charge in [-0.25, -0.2) is 4.58 Å². The van der Waals surface area contributed by atoms with Gasteiger partial charge in [0.15, 0.2) is 11.8 Å². The van der Waals surface area contributed by atoms with E-state index in [4.69, 9.17) is 0 Å². The molecule has 0 amide bonds. The van der Waals surface area contributed by atoms with Crippen LogP contribution in [0.1, 0.15) is 33.6 Å². The largest absolute Gasteiger partial charge is 0.421 e. The summed E-state index contributed by atoms with van der Waals surface area (Å²) >= 11 is 0. The van der Waals surface area contributed by atoms with Crippen molar-refractivity contribution < 1.29 is 17.7 Å². The fourth-order valence-electron chi connectivity index (χ4n) is 2.90. The van der Waals surface area contributed by atoms with Gasteiger partial charge in [0.05, 0.1) is 5.92 Å². The molecule has 0 bridgehead atoms. The Kier molecular flexibility index (Phi) is 4.08. The second kappa shape index (κ2) is 4.90. The second-order valence-electron chi connectivity index (χ2n) is 4.70. The van der Waals surface area contributed by atoms with Crippen molar-refractivity contribution in [1.29, 1.82) is 0 Å². The van der Waals surface area contributed by atoms with E-state index < -0.39 is 11.7 Å². The van der Waals surface area contributed by atoms with Crippen molar-refractivity contribution in [2.75, 3.05) is 6.54 Å². The Labute approximate surface area is 107 Å². The molecule has 0 aromatic carbocycles. The van der Waals surface area contributed by atoms with Gasteiger partial charge in [-0.3, -0.25) is 0 Å². The predicted molar refractivity (Wildman–Crippen MR) is 68.0 cm³/mol. The van der Waals surface area contributed by atoms with Crippen LogP contribution in [0.3, 0.4) is 0 Å². The number of rotatable bonds is 5. The molecule has 0 aliphatic heterocycles. The highest BCUT2D eigenvalue weighted by molar-refractivity contribution is 5.75. The Morgan fingerprint density at radius 3 is 2.22 bits per heavy atom. The molecule has 1 aliphatic rings. The third-order valence-electron chi connectivity index (χ3n) is 3.95. The van der Waals surface area contributed by atoms with E-state index in [1.807, 2.05) is 20.8 Å². The van der Waals surface area contributed by atoms with Gasteiger partial charge in [0, 0.05) is 12.0 Å². The standard InChI is InChI=1S/C14H21F3N/c1-6-12-11(5)13(12,7-2)18(8-3)9-10(4)14(15,16)17/h9,12H,4-8H2,1-3H3/q+1/b18-9+. The molecule has 0 heterocycles. The summed E-state index contributed by atoms with van der Waals surface area (Å²) in [4.78, 5) is 0. The molecule has 1 aliphatic carbocycles. The zero-order chi connectivity index (χ0) is 14.1. The summed E-state index contributed by atoms with van der Waals surface area (Å²) in [5, 5.41) is 0. The highest BCUT2D eigenvalue weighted by Crippen LogP contribution is 2.55. The molecule has 0 N–H and O–H groups in total. The molecule has 0 saturated heterocycles. The minimum absolute atomic E-state index is 0.291. The number of nitrogens with zero attached hydrogens (tertiary/aromatic N) is 1. The van der Waals surface area contributed by atoms with E-state index >= 15 is 0 Å². The average Bonchev–Trinajstić information content (AvgIpc) is 2.89. The topological polar surface area (TPSA) is 3.01 Å². The summed E-state index contributed by atoms with van der Waals surface area (Å²) in [6.45, 7) is 13.5. The van der Waals surface area contributed by atoms with Gasteiger partial charge in [0.25, 0.3) is 0 Å². The minimum Gasteiger partial charge on any atom is -0.226 e. The summed E-state index contributed by atoms with van der Waals surface area (Å²) in [6, 6.07) is 0. The molecule has 1 saturated carbocycles. The monoisotopic (exact) mass is 260 g/mol. The number of likely N-dealkylation sites (N-methyl/N-ethyl adjacent to an activating group) is 1. The van der Waals surface area contributed by atoms with E-state index in [2.05, 4.69) is 13.2 Å². The molecular formula is C14H21F3N+. The van der Waals surface area contributed by atoms with Crippen molar-refractivity contribution in [1.82, 2.24) is 0 Å². The van der Waals surface area contributed by atoms with Crippen LogP contribution in [0, 0.1) is 5.92 Å². The molecule has 4 heteroatoms. The van der Waals surface area contributed by atoms with Crippen LogP contribution in [0.2, 0.25) is 0 Å². The molecule has 0 radical (unpaired) electrons. The van der Waals surface area contributed by atoms with Crippen molar-refractivity contribution in [3.8, 4) is 0 Å². The van der Waals surface area contributed by atoms with Crippen molar-refractivity contribution in [3.05, 3.63) is 24.3 Å². The van der Waals surface area contributed by atoms with Crippen molar-refractivity contribution in [2.45, 2.75) is 45.3 Å². The van der Waals surface area contributed by atoms with E-state index in [9.17, 15) is 13.2 Å². The van der Waals surface area contributed by atoms with Crippen LogP contribution in [-0.2, 0) is 0 Å². The van der Waals surface area contributed by atoms with Gasteiger partial charge >= 0.3 is 6.18 Å². The number of allylic oxidation sites excluding steroid dienone is 1. The molecule has 2 unspecified atom stereocenters. The fourth-order valence-corrected chi connectivity index (χ4v) is 2.90. The van der Waals surface area contributed by atoms with E-state index in [1.165, 1.54) is 0 Å². The highest BCUT2D eigenvalue weighted by Gasteiger charge is 2.65. The summed E-state index contributed by atoms with van der Waals surface area (Å²) < 4.78 is 39.4. The maximum atomic E-state index is 12.6. The molecule has 1 nitrogen and oxygen atoms in total. The van der Waals surface area contributed by atoms with Crippen LogP contribution in [0.5, 0.6) is 0 Å².